The molecule has 0 aromatic heterocycles. The largest absolute Gasteiger partial charge is 0.490 e. The molecule has 2 rings (SSSR count). The number of carbonyl (C=O) groups is 2. The number of rotatable bonds is 6. The van der Waals surface area contributed by atoms with Crippen molar-refractivity contribution in [3.05, 3.63) is 41.7 Å². The van der Waals surface area contributed by atoms with E-state index in [0.29, 0.717) is 18.6 Å². The molecule has 0 aliphatic carbocycles. The van der Waals surface area contributed by atoms with Crippen LogP contribution in [-0.4, -0.2) is 31.8 Å². The molecule has 1 heterocycles. The van der Waals surface area contributed by atoms with E-state index in [2.05, 4.69) is 0 Å². The Kier molecular flexibility index (Phi) is 4.98. The van der Waals surface area contributed by atoms with Gasteiger partial charge in [0.2, 0.25) is 5.76 Å². The third-order valence-corrected chi connectivity index (χ3v) is 3.21. The van der Waals surface area contributed by atoms with Crippen molar-refractivity contribution < 1.29 is 23.8 Å². The lowest BCUT2D eigenvalue weighted by molar-refractivity contribution is -0.147. The average molecular weight is 290 g/mol. The quantitative estimate of drug-likeness (QED) is 0.752. The zero-order valence-corrected chi connectivity index (χ0v) is 12.1. The highest BCUT2D eigenvalue weighted by atomic mass is 16.6. The van der Waals surface area contributed by atoms with Gasteiger partial charge < -0.3 is 14.2 Å². The molecule has 0 fully saturated rings. The van der Waals surface area contributed by atoms with Gasteiger partial charge in [0.25, 0.3) is 0 Å². The maximum atomic E-state index is 11.8. The Bertz CT molecular complexity index is 547. The van der Waals surface area contributed by atoms with Gasteiger partial charge in [-0.2, -0.15) is 0 Å². The van der Waals surface area contributed by atoms with E-state index < -0.39 is 12.1 Å². The summed E-state index contributed by atoms with van der Waals surface area (Å²) in [5.41, 5.74) is 1.54. The molecule has 0 saturated heterocycles. The van der Waals surface area contributed by atoms with Gasteiger partial charge in [-0.05, 0) is 18.9 Å². The summed E-state index contributed by atoms with van der Waals surface area (Å²) in [6.07, 6.45) is 0.0834. The number of hydrogen-bond donors (Lipinski definition) is 0. The summed E-state index contributed by atoms with van der Waals surface area (Å²) in [5.74, 6) is -0.591. The van der Waals surface area contributed by atoms with Crippen molar-refractivity contribution in [2.45, 2.75) is 25.9 Å². The van der Waals surface area contributed by atoms with Gasteiger partial charge in [0.1, 0.15) is 6.10 Å². The maximum absolute atomic E-state index is 11.8. The Labute approximate surface area is 123 Å². The second-order valence-corrected chi connectivity index (χ2v) is 4.55. The van der Waals surface area contributed by atoms with Crippen molar-refractivity contribution in [3.8, 4) is 0 Å². The minimum Gasteiger partial charge on any atom is -0.490 e. The average Bonchev–Trinajstić information content (AvgIpc) is 2.82. The summed E-state index contributed by atoms with van der Waals surface area (Å²) < 4.78 is 15.4. The van der Waals surface area contributed by atoms with Crippen LogP contribution in [0.5, 0.6) is 0 Å². The van der Waals surface area contributed by atoms with Crippen LogP contribution in [0.4, 0.5) is 0 Å². The number of esters is 2. The number of benzene rings is 1. The molecule has 1 aromatic rings. The van der Waals surface area contributed by atoms with E-state index in [1.54, 1.807) is 6.92 Å². The molecule has 1 atom stereocenters. The SMILES string of the molecule is CCOC(=O)CCC1OC(=O)C(OC)=C1c1ccccc1. The Morgan fingerprint density at radius 3 is 2.62 bits per heavy atom. The first-order chi connectivity index (χ1) is 10.2. The molecule has 0 saturated carbocycles. The molecule has 5 nitrogen and oxygen atoms in total. The molecule has 0 radical (unpaired) electrons. The lowest BCUT2D eigenvalue weighted by Gasteiger charge is -2.13. The molecule has 0 amide bonds. The lowest BCUT2D eigenvalue weighted by Crippen LogP contribution is -2.14. The standard InChI is InChI=1S/C16H18O5/c1-3-20-13(17)10-9-12-14(11-7-5-4-6-8-11)15(19-2)16(18)21-12/h4-8,12H,3,9-10H2,1-2H3. The first-order valence-corrected chi connectivity index (χ1v) is 6.87. The highest BCUT2D eigenvalue weighted by molar-refractivity contribution is 6.01. The summed E-state index contributed by atoms with van der Waals surface area (Å²) in [4.78, 5) is 23.3. The van der Waals surface area contributed by atoms with Gasteiger partial charge in [-0.1, -0.05) is 30.3 Å². The molecule has 21 heavy (non-hydrogen) atoms. The fourth-order valence-electron chi connectivity index (χ4n) is 2.31. The van der Waals surface area contributed by atoms with E-state index in [0.717, 1.165) is 5.56 Å². The topological polar surface area (TPSA) is 61.8 Å². The maximum Gasteiger partial charge on any atom is 0.374 e. The zero-order valence-electron chi connectivity index (χ0n) is 12.1. The molecule has 1 aromatic carbocycles. The summed E-state index contributed by atoms with van der Waals surface area (Å²) >= 11 is 0. The second-order valence-electron chi connectivity index (χ2n) is 4.55. The van der Waals surface area contributed by atoms with E-state index in [1.165, 1.54) is 7.11 Å². The molecule has 0 spiro atoms. The molecule has 1 aliphatic heterocycles. The smallest absolute Gasteiger partial charge is 0.374 e. The van der Waals surface area contributed by atoms with Crippen LogP contribution in [0.3, 0.4) is 0 Å². The third-order valence-electron chi connectivity index (χ3n) is 3.21. The van der Waals surface area contributed by atoms with Gasteiger partial charge in [0.15, 0.2) is 0 Å². The minimum absolute atomic E-state index is 0.194. The van der Waals surface area contributed by atoms with Crippen molar-refractivity contribution in [3.63, 3.8) is 0 Å². The first kappa shape index (κ1) is 15.1. The van der Waals surface area contributed by atoms with Gasteiger partial charge in [0.05, 0.1) is 13.7 Å². The molecule has 1 unspecified atom stereocenters. The van der Waals surface area contributed by atoms with Crippen LogP contribution in [0, 0.1) is 0 Å². The van der Waals surface area contributed by atoms with E-state index in [9.17, 15) is 9.59 Å². The molecule has 112 valence electrons. The molecular weight excluding hydrogens is 272 g/mol. The van der Waals surface area contributed by atoms with E-state index in [4.69, 9.17) is 14.2 Å². The van der Waals surface area contributed by atoms with Gasteiger partial charge in [-0.25, -0.2) is 4.79 Å². The van der Waals surface area contributed by atoms with Crippen molar-refractivity contribution in [1.29, 1.82) is 0 Å². The summed E-state index contributed by atoms with van der Waals surface area (Å²) in [5, 5.41) is 0. The second kappa shape index (κ2) is 6.92. The van der Waals surface area contributed by atoms with Crippen LogP contribution in [0.2, 0.25) is 0 Å². The van der Waals surface area contributed by atoms with Gasteiger partial charge in [0, 0.05) is 12.0 Å². The van der Waals surface area contributed by atoms with Crippen molar-refractivity contribution >= 4 is 17.5 Å². The van der Waals surface area contributed by atoms with Crippen molar-refractivity contribution in [2.75, 3.05) is 13.7 Å². The van der Waals surface area contributed by atoms with E-state index >= 15 is 0 Å². The Balaban J connectivity index is 2.20. The van der Waals surface area contributed by atoms with Crippen LogP contribution in [0.15, 0.2) is 36.1 Å². The first-order valence-electron chi connectivity index (χ1n) is 6.87. The summed E-state index contributed by atoms with van der Waals surface area (Å²) in [6.45, 7) is 2.10. The highest BCUT2D eigenvalue weighted by Gasteiger charge is 2.36. The van der Waals surface area contributed by atoms with Crippen molar-refractivity contribution in [2.24, 2.45) is 0 Å². The van der Waals surface area contributed by atoms with Crippen LogP contribution < -0.4 is 0 Å². The molecular formula is C16H18O5. The summed E-state index contributed by atoms with van der Waals surface area (Å²) in [6, 6.07) is 9.41. The summed E-state index contributed by atoms with van der Waals surface area (Å²) in [7, 11) is 1.44. The van der Waals surface area contributed by atoms with E-state index in [1.807, 2.05) is 30.3 Å². The Hall–Kier alpha value is -2.30. The molecule has 0 N–H and O–H groups in total. The number of carbonyl (C=O) groups excluding carboxylic acids is 2. The number of ether oxygens (including phenoxy) is 3. The minimum atomic E-state index is -0.495. The number of methoxy groups -OCH3 is 1. The van der Waals surface area contributed by atoms with E-state index in [-0.39, 0.29) is 18.1 Å². The Morgan fingerprint density at radius 2 is 2.00 bits per heavy atom. The van der Waals surface area contributed by atoms with Gasteiger partial charge >= 0.3 is 11.9 Å². The third kappa shape index (κ3) is 3.42. The fraction of sp³-hybridized carbons (Fsp3) is 0.375. The monoisotopic (exact) mass is 290 g/mol. The number of hydrogen-bond acceptors (Lipinski definition) is 5. The lowest BCUT2D eigenvalue weighted by atomic mass is 9.97. The number of cyclic esters (lactones) is 1. The van der Waals surface area contributed by atoms with Crippen LogP contribution in [0.1, 0.15) is 25.3 Å². The van der Waals surface area contributed by atoms with Crippen LogP contribution in [0.25, 0.3) is 5.57 Å². The zero-order chi connectivity index (χ0) is 15.2. The molecule has 0 bridgehead atoms. The fourth-order valence-corrected chi connectivity index (χ4v) is 2.31. The van der Waals surface area contributed by atoms with Crippen LogP contribution >= 0.6 is 0 Å². The predicted octanol–water partition coefficient (Wildman–Crippen LogP) is 2.31. The highest BCUT2D eigenvalue weighted by Crippen LogP contribution is 2.34. The Morgan fingerprint density at radius 1 is 1.29 bits per heavy atom. The van der Waals surface area contributed by atoms with Gasteiger partial charge in [-0.3, -0.25) is 4.79 Å². The molecule has 1 aliphatic rings. The predicted molar refractivity (Wildman–Crippen MR) is 76.1 cm³/mol. The van der Waals surface area contributed by atoms with Crippen LogP contribution in [-0.2, 0) is 23.8 Å². The van der Waals surface area contributed by atoms with Crippen molar-refractivity contribution in [1.82, 2.24) is 0 Å². The normalized spacial score (nSPS) is 17.6. The molecule has 5 heteroatoms. The van der Waals surface area contributed by atoms with Gasteiger partial charge in [-0.15, -0.1) is 0 Å².